The molecule has 0 aliphatic carbocycles. The first kappa shape index (κ1) is 18.4. The Morgan fingerprint density at radius 2 is 2.15 bits per heavy atom. The van der Waals surface area contributed by atoms with E-state index in [1.807, 2.05) is 6.07 Å². The van der Waals surface area contributed by atoms with Crippen molar-refractivity contribution in [2.45, 2.75) is 23.0 Å². The van der Waals surface area contributed by atoms with Crippen molar-refractivity contribution in [2.24, 2.45) is 0 Å². The summed E-state index contributed by atoms with van der Waals surface area (Å²) in [6.07, 6.45) is 1.99. The van der Waals surface area contributed by atoms with Gasteiger partial charge in [0.25, 0.3) is 0 Å². The number of likely N-dealkylation sites (tertiary alicyclic amines) is 1. The van der Waals surface area contributed by atoms with Crippen molar-refractivity contribution in [1.82, 2.24) is 10.1 Å². The maximum atomic E-state index is 13.3. The Bertz CT molecular complexity index is 950. The molecule has 0 amide bonds. The molecule has 0 unspecified atom stereocenters. The average Bonchev–Trinajstić information content (AvgIpc) is 3.29. The molecular weight excluding hydrogens is 389 g/mol. The maximum Gasteiger partial charge on any atom is 0.325 e. The number of halogens is 1. The molecule has 27 heavy (non-hydrogen) atoms. The Morgan fingerprint density at radius 3 is 2.89 bits per heavy atom. The van der Waals surface area contributed by atoms with Crippen molar-refractivity contribution >= 4 is 39.1 Å². The lowest BCUT2D eigenvalue weighted by atomic mass is 9.91. The number of thiophene rings is 1. The zero-order chi connectivity index (χ0) is 18.8. The number of rotatable bonds is 6. The van der Waals surface area contributed by atoms with Crippen LogP contribution in [0.4, 0.5) is 9.39 Å². The smallest absolute Gasteiger partial charge is 0.325 e. The third kappa shape index (κ3) is 4.15. The van der Waals surface area contributed by atoms with Crippen LogP contribution in [0.5, 0.6) is 0 Å². The first-order valence-electron chi connectivity index (χ1n) is 8.74. The van der Waals surface area contributed by atoms with Gasteiger partial charge in [-0.3, -0.25) is 10.1 Å². The van der Waals surface area contributed by atoms with Crippen molar-refractivity contribution in [2.75, 3.05) is 25.4 Å². The Balaban J connectivity index is 1.27. The molecule has 6 nitrogen and oxygen atoms in total. The van der Waals surface area contributed by atoms with Gasteiger partial charge in [-0.15, -0.1) is 11.8 Å². The highest BCUT2D eigenvalue weighted by atomic mass is 32.2. The first-order chi connectivity index (χ1) is 13.1. The molecule has 2 aromatic heterocycles. The summed E-state index contributed by atoms with van der Waals surface area (Å²) in [5.74, 6) is 0.934. The Labute approximate surface area is 163 Å². The third-order valence-corrected chi connectivity index (χ3v) is 7.08. The predicted octanol–water partition coefficient (Wildman–Crippen LogP) is 4.91. The van der Waals surface area contributed by atoms with E-state index in [0.29, 0.717) is 11.5 Å². The van der Waals surface area contributed by atoms with Crippen molar-refractivity contribution < 1.29 is 13.8 Å². The van der Waals surface area contributed by atoms with E-state index < -0.39 is 0 Å². The molecule has 1 saturated heterocycles. The van der Waals surface area contributed by atoms with Crippen LogP contribution in [0.15, 0.2) is 39.1 Å². The van der Waals surface area contributed by atoms with Crippen LogP contribution in [0.2, 0.25) is 0 Å². The van der Waals surface area contributed by atoms with E-state index in [9.17, 15) is 14.5 Å². The topological polar surface area (TPSA) is 72.4 Å². The minimum absolute atomic E-state index is 0.193. The molecule has 4 rings (SSSR count). The van der Waals surface area contributed by atoms with Gasteiger partial charge in [-0.05, 0) is 44.1 Å². The highest BCUT2D eigenvalue weighted by Crippen LogP contribution is 2.34. The standard InChI is InChI=1S/C18H18FN3O3S2/c19-13-1-2-14-15(11-13)25-20-18(14)12-5-7-21(8-6-12)9-10-26-17-4-3-16(27-17)22(23)24/h1-4,11-12H,5-10H2. The molecule has 1 aliphatic heterocycles. The van der Waals surface area contributed by atoms with Gasteiger partial charge in [0.1, 0.15) is 5.82 Å². The van der Waals surface area contributed by atoms with Gasteiger partial charge in [-0.25, -0.2) is 4.39 Å². The minimum atomic E-state index is -0.346. The molecule has 9 heteroatoms. The number of aromatic nitrogens is 1. The van der Waals surface area contributed by atoms with Gasteiger partial charge in [-0.2, -0.15) is 0 Å². The Hall–Kier alpha value is -1.97. The van der Waals surface area contributed by atoms with Gasteiger partial charge in [0.05, 0.1) is 14.8 Å². The predicted molar refractivity (Wildman–Crippen MR) is 104 cm³/mol. The van der Waals surface area contributed by atoms with E-state index >= 15 is 0 Å². The zero-order valence-electron chi connectivity index (χ0n) is 14.5. The summed E-state index contributed by atoms with van der Waals surface area (Å²) in [7, 11) is 0. The Kier molecular flexibility index (Phi) is 5.42. The van der Waals surface area contributed by atoms with Crippen molar-refractivity contribution in [3.8, 4) is 0 Å². The second-order valence-electron chi connectivity index (χ2n) is 6.52. The SMILES string of the molecule is O=[N+]([O-])c1ccc(SCCN2CCC(c3noc4cc(F)ccc34)CC2)s1. The van der Waals surface area contributed by atoms with E-state index in [1.165, 1.54) is 23.5 Å². The number of benzene rings is 1. The molecule has 0 radical (unpaired) electrons. The number of fused-ring (bicyclic) bond motifs is 1. The van der Waals surface area contributed by atoms with Gasteiger partial charge >= 0.3 is 5.00 Å². The van der Waals surface area contributed by atoms with Gasteiger partial charge in [0.15, 0.2) is 5.58 Å². The highest BCUT2D eigenvalue weighted by molar-refractivity contribution is 8.01. The molecule has 3 aromatic rings. The number of nitro groups is 1. The molecule has 3 heterocycles. The summed E-state index contributed by atoms with van der Waals surface area (Å²) >= 11 is 2.89. The minimum Gasteiger partial charge on any atom is -0.356 e. The zero-order valence-corrected chi connectivity index (χ0v) is 16.1. The summed E-state index contributed by atoms with van der Waals surface area (Å²) < 4.78 is 19.6. The fourth-order valence-electron chi connectivity index (χ4n) is 3.42. The third-order valence-electron chi connectivity index (χ3n) is 4.84. The van der Waals surface area contributed by atoms with Crippen LogP contribution in [-0.4, -0.2) is 40.4 Å². The monoisotopic (exact) mass is 407 g/mol. The normalized spacial score (nSPS) is 16.2. The van der Waals surface area contributed by atoms with Gasteiger partial charge in [-0.1, -0.05) is 16.5 Å². The maximum absolute atomic E-state index is 13.3. The van der Waals surface area contributed by atoms with E-state index in [1.54, 1.807) is 23.9 Å². The summed E-state index contributed by atoms with van der Waals surface area (Å²) in [6.45, 7) is 2.91. The summed E-state index contributed by atoms with van der Waals surface area (Å²) in [6, 6.07) is 7.96. The van der Waals surface area contributed by atoms with Gasteiger partial charge in [0, 0.05) is 35.7 Å². The molecule has 1 aliphatic rings. The van der Waals surface area contributed by atoms with E-state index in [4.69, 9.17) is 4.52 Å². The fourth-order valence-corrected chi connectivity index (χ4v) is 5.43. The summed E-state index contributed by atoms with van der Waals surface area (Å²) in [4.78, 5) is 12.8. The Morgan fingerprint density at radius 1 is 1.33 bits per heavy atom. The highest BCUT2D eigenvalue weighted by Gasteiger charge is 2.25. The molecule has 1 fully saturated rings. The molecule has 0 bridgehead atoms. The molecule has 0 saturated carbocycles. The van der Waals surface area contributed by atoms with Crippen LogP contribution < -0.4 is 0 Å². The van der Waals surface area contributed by atoms with Crippen LogP contribution in [0.3, 0.4) is 0 Å². The van der Waals surface area contributed by atoms with Crippen LogP contribution in [-0.2, 0) is 0 Å². The number of thioether (sulfide) groups is 1. The first-order valence-corrected chi connectivity index (χ1v) is 10.5. The summed E-state index contributed by atoms with van der Waals surface area (Å²) in [5.41, 5.74) is 1.44. The average molecular weight is 407 g/mol. The van der Waals surface area contributed by atoms with Gasteiger partial charge < -0.3 is 9.42 Å². The number of nitrogens with zero attached hydrogens (tertiary/aromatic N) is 3. The summed E-state index contributed by atoms with van der Waals surface area (Å²) in [5, 5.41) is 16.0. The van der Waals surface area contributed by atoms with Gasteiger partial charge in [0.2, 0.25) is 0 Å². The lowest BCUT2D eigenvalue weighted by Gasteiger charge is -2.30. The second-order valence-corrected chi connectivity index (χ2v) is 8.98. The van der Waals surface area contributed by atoms with E-state index in [-0.39, 0.29) is 15.7 Å². The largest absolute Gasteiger partial charge is 0.356 e. The van der Waals surface area contributed by atoms with Crippen molar-refractivity contribution in [3.05, 3.63) is 52.0 Å². The van der Waals surface area contributed by atoms with Crippen molar-refractivity contribution in [1.29, 1.82) is 0 Å². The molecule has 0 spiro atoms. The molecule has 142 valence electrons. The molecular formula is C18H18FN3O3S2. The van der Waals surface area contributed by atoms with Crippen molar-refractivity contribution in [3.63, 3.8) is 0 Å². The number of hydrogen-bond donors (Lipinski definition) is 0. The lowest BCUT2D eigenvalue weighted by Crippen LogP contribution is -2.34. The van der Waals surface area contributed by atoms with Crippen LogP contribution in [0, 0.1) is 15.9 Å². The second kappa shape index (κ2) is 7.95. The van der Waals surface area contributed by atoms with Crippen LogP contribution in [0.25, 0.3) is 11.0 Å². The number of piperidine rings is 1. The quantitative estimate of drug-likeness (QED) is 0.328. The van der Waals surface area contributed by atoms with Crippen LogP contribution >= 0.6 is 23.1 Å². The van der Waals surface area contributed by atoms with E-state index in [2.05, 4.69) is 10.1 Å². The van der Waals surface area contributed by atoms with E-state index in [0.717, 1.165) is 53.5 Å². The molecule has 1 aromatic carbocycles. The number of hydrogen-bond acceptors (Lipinski definition) is 7. The molecule has 0 N–H and O–H groups in total. The van der Waals surface area contributed by atoms with Crippen LogP contribution in [0.1, 0.15) is 24.5 Å². The fraction of sp³-hybridized carbons (Fsp3) is 0.389. The lowest BCUT2D eigenvalue weighted by molar-refractivity contribution is -0.380. The molecule has 0 atom stereocenters.